The Kier molecular flexibility index (Phi) is 5.14. The lowest BCUT2D eigenvalue weighted by Gasteiger charge is -2.08. The van der Waals surface area contributed by atoms with Gasteiger partial charge < -0.3 is 15.8 Å². The van der Waals surface area contributed by atoms with Gasteiger partial charge in [-0.3, -0.25) is 4.79 Å². The number of benzene rings is 2. The Morgan fingerprint density at radius 3 is 2.57 bits per heavy atom. The van der Waals surface area contributed by atoms with Gasteiger partial charge in [0.2, 0.25) is 0 Å². The van der Waals surface area contributed by atoms with E-state index in [-0.39, 0.29) is 16.5 Å². The van der Waals surface area contributed by atoms with Gasteiger partial charge in [0.15, 0.2) is 0 Å². The summed E-state index contributed by atoms with van der Waals surface area (Å²) in [4.78, 5) is 12.0. The quantitative estimate of drug-likeness (QED) is 0.892. The lowest BCUT2D eigenvalue weighted by atomic mass is 10.2. The molecule has 0 saturated heterocycles. The minimum Gasteiger partial charge on any atom is -0.492 e. The van der Waals surface area contributed by atoms with E-state index in [0.717, 1.165) is 6.07 Å². The van der Waals surface area contributed by atoms with Gasteiger partial charge in [-0.1, -0.05) is 11.6 Å². The first-order valence-corrected chi connectivity index (χ1v) is 6.67. The molecule has 0 aliphatic heterocycles. The van der Waals surface area contributed by atoms with Crippen molar-refractivity contribution < 1.29 is 13.9 Å². The molecule has 0 unspecified atom stereocenters. The number of rotatable bonds is 5. The highest BCUT2D eigenvalue weighted by molar-refractivity contribution is 6.31. The Balaban J connectivity index is 2.03. The molecule has 0 atom stereocenters. The van der Waals surface area contributed by atoms with Crippen LogP contribution in [-0.2, 0) is 0 Å². The SMILES string of the molecule is NCCOc1ccc(NC(=O)c2ccc(F)c(Cl)c2)cc1. The molecular formula is C15H14ClFN2O2. The number of carbonyl (C=O) groups excluding carboxylic acids is 1. The number of hydrogen-bond donors (Lipinski definition) is 2. The van der Waals surface area contributed by atoms with Gasteiger partial charge in [0.1, 0.15) is 18.2 Å². The fraction of sp³-hybridized carbons (Fsp3) is 0.133. The summed E-state index contributed by atoms with van der Waals surface area (Å²) in [6.45, 7) is 0.865. The van der Waals surface area contributed by atoms with Gasteiger partial charge in [0.25, 0.3) is 5.91 Å². The molecule has 6 heteroatoms. The third-order valence-electron chi connectivity index (χ3n) is 2.68. The Morgan fingerprint density at radius 1 is 1.24 bits per heavy atom. The summed E-state index contributed by atoms with van der Waals surface area (Å²) in [6, 6.07) is 10.7. The van der Waals surface area contributed by atoms with E-state index in [1.807, 2.05) is 0 Å². The normalized spacial score (nSPS) is 10.2. The number of hydrogen-bond acceptors (Lipinski definition) is 3. The molecule has 0 aliphatic rings. The van der Waals surface area contributed by atoms with Gasteiger partial charge in [-0.25, -0.2) is 4.39 Å². The topological polar surface area (TPSA) is 64.3 Å². The molecule has 0 spiro atoms. The van der Waals surface area contributed by atoms with Crippen molar-refractivity contribution in [2.45, 2.75) is 0 Å². The summed E-state index contributed by atoms with van der Waals surface area (Å²) in [5, 5.41) is 2.60. The van der Waals surface area contributed by atoms with E-state index in [4.69, 9.17) is 22.1 Å². The highest BCUT2D eigenvalue weighted by Gasteiger charge is 2.09. The maximum absolute atomic E-state index is 13.0. The number of anilines is 1. The van der Waals surface area contributed by atoms with Crippen LogP contribution in [0.15, 0.2) is 42.5 Å². The molecule has 2 aromatic carbocycles. The van der Waals surface area contributed by atoms with Crippen LogP contribution in [0.25, 0.3) is 0 Å². The molecule has 0 fully saturated rings. The average Bonchev–Trinajstić information content (AvgIpc) is 2.49. The predicted octanol–water partition coefficient (Wildman–Crippen LogP) is 3.07. The number of nitrogens with two attached hydrogens (primary N) is 1. The van der Waals surface area contributed by atoms with E-state index >= 15 is 0 Å². The highest BCUT2D eigenvalue weighted by atomic mass is 35.5. The van der Waals surface area contributed by atoms with Crippen LogP contribution in [0, 0.1) is 5.82 Å². The molecule has 110 valence electrons. The van der Waals surface area contributed by atoms with Crippen LogP contribution in [0.3, 0.4) is 0 Å². The van der Waals surface area contributed by atoms with Crippen LogP contribution in [0.4, 0.5) is 10.1 Å². The zero-order valence-corrected chi connectivity index (χ0v) is 11.9. The van der Waals surface area contributed by atoms with Crippen LogP contribution < -0.4 is 15.8 Å². The number of halogens is 2. The Labute approximate surface area is 126 Å². The van der Waals surface area contributed by atoms with E-state index in [9.17, 15) is 9.18 Å². The second kappa shape index (κ2) is 7.06. The lowest BCUT2D eigenvalue weighted by Crippen LogP contribution is -2.12. The first kappa shape index (κ1) is 15.3. The van der Waals surface area contributed by atoms with Gasteiger partial charge >= 0.3 is 0 Å². The maximum atomic E-state index is 13.0. The van der Waals surface area contributed by atoms with Gasteiger partial charge in [0, 0.05) is 17.8 Å². The molecule has 21 heavy (non-hydrogen) atoms. The van der Waals surface area contributed by atoms with Crippen LogP contribution in [0.5, 0.6) is 5.75 Å². The molecule has 2 rings (SSSR count). The minimum atomic E-state index is -0.561. The van der Waals surface area contributed by atoms with Crippen molar-refractivity contribution >= 4 is 23.2 Å². The number of nitrogens with one attached hydrogen (secondary N) is 1. The zero-order chi connectivity index (χ0) is 15.2. The van der Waals surface area contributed by atoms with Crippen LogP contribution >= 0.6 is 11.6 Å². The monoisotopic (exact) mass is 308 g/mol. The van der Waals surface area contributed by atoms with E-state index < -0.39 is 5.82 Å². The van der Waals surface area contributed by atoms with Crippen molar-refractivity contribution in [1.82, 2.24) is 0 Å². The van der Waals surface area contributed by atoms with Crippen molar-refractivity contribution in [2.75, 3.05) is 18.5 Å². The molecule has 4 nitrogen and oxygen atoms in total. The smallest absolute Gasteiger partial charge is 0.255 e. The second-order valence-electron chi connectivity index (χ2n) is 4.24. The zero-order valence-electron chi connectivity index (χ0n) is 11.1. The fourth-order valence-corrected chi connectivity index (χ4v) is 1.83. The molecular weight excluding hydrogens is 295 g/mol. The van der Waals surface area contributed by atoms with E-state index in [1.165, 1.54) is 12.1 Å². The van der Waals surface area contributed by atoms with Crippen LogP contribution in [-0.4, -0.2) is 19.1 Å². The van der Waals surface area contributed by atoms with Crippen molar-refractivity contribution in [3.05, 3.63) is 58.9 Å². The fourth-order valence-electron chi connectivity index (χ4n) is 1.65. The van der Waals surface area contributed by atoms with Crippen molar-refractivity contribution in [1.29, 1.82) is 0 Å². The van der Waals surface area contributed by atoms with Crippen molar-refractivity contribution in [2.24, 2.45) is 5.73 Å². The van der Waals surface area contributed by atoms with Crippen molar-refractivity contribution in [3.63, 3.8) is 0 Å². The van der Waals surface area contributed by atoms with Gasteiger partial charge in [0.05, 0.1) is 5.02 Å². The second-order valence-corrected chi connectivity index (χ2v) is 4.65. The maximum Gasteiger partial charge on any atom is 0.255 e. The molecule has 0 aromatic heterocycles. The Morgan fingerprint density at radius 2 is 1.95 bits per heavy atom. The third-order valence-corrected chi connectivity index (χ3v) is 2.97. The molecule has 0 bridgehead atoms. The van der Waals surface area contributed by atoms with Gasteiger partial charge in [-0.15, -0.1) is 0 Å². The van der Waals surface area contributed by atoms with E-state index in [0.29, 0.717) is 24.6 Å². The number of carbonyl (C=O) groups is 1. The summed E-state index contributed by atoms with van der Waals surface area (Å²) in [5.41, 5.74) is 6.22. The van der Waals surface area contributed by atoms with Gasteiger partial charge in [-0.05, 0) is 42.5 Å². The summed E-state index contributed by atoms with van der Waals surface area (Å²) in [5.74, 6) is -0.259. The number of ether oxygens (including phenoxy) is 1. The molecule has 1 amide bonds. The first-order chi connectivity index (χ1) is 10.1. The van der Waals surface area contributed by atoms with E-state index in [1.54, 1.807) is 24.3 Å². The molecule has 0 aliphatic carbocycles. The first-order valence-electron chi connectivity index (χ1n) is 6.29. The third kappa shape index (κ3) is 4.18. The van der Waals surface area contributed by atoms with Gasteiger partial charge in [-0.2, -0.15) is 0 Å². The van der Waals surface area contributed by atoms with E-state index in [2.05, 4.69) is 5.32 Å². The highest BCUT2D eigenvalue weighted by Crippen LogP contribution is 2.19. The standard InChI is InChI=1S/C15H14ClFN2O2/c16-13-9-10(1-6-14(13)17)15(20)19-11-2-4-12(5-3-11)21-8-7-18/h1-6,9H,7-8,18H2,(H,19,20). The summed E-state index contributed by atoms with van der Waals surface area (Å²) in [6.07, 6.45) is 0. The summed E-state index contributed by atoms with van der Waals surface area (Å²) < 4.78 is 18.4. The Hall–Kier alpha value is -2.11. The molecule has 0 radical (unpaired) electrons. The molecule has 0 saturated carbocycles. The van der Waals surface area contributed by atoms with Crippen molar-refractivity contribution in [3.8, 4) is 5.75 Å². The summed E-state index contributed by atoms with van der Waals surface area (Å²) in [7, 11) is 0. The summed E-state index contributed by atoms with van der Waals surface area (Å²) >= 11 is 5.65. The molecule has 2 aromatic rings. The molecule has 3 N–H and O–H groups in total. The van der Waals surface area contributed by atoms with Crippen LogP contribution in [0.2, 0.25) is 5.02 Å². The largest absolute Gasteiger partial charge is 0.492 e. The predicted molar refractivity (Wildman–Crippen MR) is 80.4 cm³/mol. The minimum absolute atomic E-state index is 0.0896. The Bertz CT molecular complexity index is 632. The molecule has 0 heterocycles. The lowest BCUT2D eigenvalue weighted by molar-refractivity contribution is 0.102. The number of amides is 1. The average molecular weight is 309 g/mol. The van der Waals surface area contributed by atoms with Crippen LogP contribution in [0.1, 0.15) is 10.4 Å².